The first-order chi connectivity index (χ1) is 17.8. The number of nitrogens with zero attached hydrogens (tertiary/aromatic N) is 5. The smallest absolute Gasteiger partial charge is 0.243 e. The second kappa shape index (κ2) is 11.8. The minimum absolute atomic E-state index is 0.0118. The number of sulfonamides is 1. The number of carbonyl (C=O) groups is 1. The Morgan fingerprint density at radius 3 is 2.62 bits per heavy atom. The number of para-hydroxylation sites is 1. The van der Waals surface area contributed by atoms with Gasteiger partial charge in [-0.05, 0) is 37.1 Å². The Bertz CT molecular complexity index is 1350. The van der Waals surface area contributed by atoms with Crippen molar-refractivity contribution in [3.05, 3.63) is 54.1 Å². The third-order valence-corrected chi connectivity index (χ3v) is 9.44. The van der Waals surface area contributed by atoms with Crippen molar-refractivity contribution < 1.29 is 17.9 Å². The molecule has 37 heavy (non-hydrogen) atoms. The molecule has 2 heterocycles. The Hall–Kier alpha value is -2.73. The van der Waals surface area contributed by atoms with Crippen LogP contribution in [0.1, 0.15) is 32.4 Å². The fraction of sp³-hybridized carbons (Fsp3) is 0.423. The van der Waals surface area contributed by atoms with Crippen LogP contribution in [0.3, 0.4) is 0 Å². The highest BCUT2D eigenvalue weighted by molar-refractivity contribution is 7.99. The summed E-state index contributed by atoms with van der Waals surface area (Å²) >= 11 is 1.32. The lowest BCUT2D eigenvalue weighted by atomic mass is 10.2. The van der Waals surface area contributed by atoms with Gasteiger partial charge in [-0.25, -0.2) is 8.42 Å². The highest BCUT2D eigenvalue weighted by Gasteiger charge is 2.27. The number of benzene rings is 2. The predicted molar refractivity (Wildman–Crippen MR) is 145 cm³/mol. The zero-order valence-electron chi connectivity index (χ0n) is 21.6. The molecule has 2 aromatic carbocycles. The molecule has 1 unspecified atom stereocenters. The molecular weight excluding hydrogens is 510 g/mol. The Morgan fingerprint density at radius 1 is 1.14 bits per heavy atom. The molecule has 0 saturated heterocycles. The van der Waals surface area contributed by atoms with Crippen LogP contribution < -0.4 is 4.90 Å². The molecule has 0 N–H and O–H groups in total. The van der Waals surface area contributed by atoms with E-state index < -0.39 is 10.0 Å². The molecule has 198 valence electrons. The highest BCUT2D eigenvalue weighted by Crippen LogP contribution is 2.32. The van der Waals surface area contributed by atoms with Gasteiger partial charge in [-0.2, -0.15) is 4.31 Å². The Kier molecular flexibility index (Phi) is 8.68. The van der Waals surface area contributed by atoms with Crippen LogP contribution in [0, 0.1) is 0 Å². The molecule has 3 aromatic rings. The zero-order chi connectivity index (χ0) is 26.6. The van der Waals surface area contributed by atoms with E-state index in [2.05, 4.69) is 16.3 Å². The van der Waals surface area contributed by atoms with Crippen LogP contribution >= 0.6 is 11.8 Å². The molecule has 0 aliphatic carbocycles. The maximum absolute atomic E-state index is 13.1. The van der Waals surface area contributed by atoms with Crippen LogP contribution in [0.15, 0.2) is 58.6 Å². The van der Waals surface area contributed by atoms with Crippen LogP contribution in [0.25, 0.3) is 11.4 Å². The van der Waals surface area contributed by atoms with E-state index in [1.165, 1.54) is 21.6 Å². The summed E-state index contributed by atoms with van der Waals surface area (Å²) in [5.74, 6) is 0.753. The molecule has 11 heteroatoms. The lowest BCUT2D eigenvalue weighted by Crippen LogP contribution is -2.30. The van der Waals surface area contributed by atoms with Crippen molar-refractivity contribution in [1.29, 1.82) is 0 Å². The van der Waals surface area contributed by atoms with Crippen molar-refractivity contribution in [1.82, 2.24) is 19.1 Å². The summed E-state index contributed by atoms with van der Waals surface area (Å²) in [5.41, 5.74) is 2.78. The molecule has 1 aromatic heterocycles. The fourth-order valence-electron chi connectivity index (χ4n) is 4.60. The number of hydrogen-bond donors (Lipinski definition) is 0. The third-order valence-electron chi connectivity index (χ3n) is 6.46. The monoisotopic (exact) mass is 543 g/mol. The summed E-state index contributed by atoms with van der Waals surface area (Å²) in [6.07, 6.45) is 0.852. The van der Waals surface area contributed by atoms with Crippen molar-refractivity contribution >= 4 is 33.4 Å². The van der Waals surface area contributed by atoms with E-state index in [1.807, 2.05) is 54.5 Å². The topological polar surface area (TPSA) is 97.6 Å². The number of carbonyl (C=O) groups excluding carboxylic acids is 1. The quantitative estimate of drug-likeness (QED) is 0.339. The number of rotatable bonds is 11. The molecule has 0 fully saturated rings. The number of thioether (sulfide) groups is 1. The van der Waals surface area contributed by atoms with Crippen LogP contribution in [0.2, 0.25) is 0 Å². The van der Waals surface area contributed by atoms with Gasteiger partial charge in [0.15, 0.2) is 11.0 Å². The third kappa shape index (κ3) is 5.59. The van der Waals surface area contributed by atoms with Gasteiger partial charge in [0, 0.05) is 38.0 Å². The van der Waals surface area contributed by atoms with Gasteiger partial charge in [0.1, 0.15) is 0 Å². The summed E-state index contributed by atoms with van der Waals surface area (Å²) in [6, 6.07) is 14.6. The van der Waals surface area contributed by atoms with Crippen LogP contribution in [-0.4, -0.2) is 72.5 Å². The molecule has 0 saturated carbocycles. The van der Waals surface area contributed by atoms with Crippen LogP contribution in [0.5, 0.6) is 0 Å². The van der Waals surface area contributed by atoms with E-state index in [-0.39, 0.29) is 22.6 Å². The maximum atomic E-state index is 13.1. The molecule has 1 aliphatic heterocycles. The van der Waals surface area contributed by atoms with Gasteiger partial charge in [0.25, 0.3) is 0 Å². The molecular formula is C26H33N5O4S2. The SMILES string of the molecule is CCN(CC)S(=O)(=O)c1cccc(-c2nnc(SCC(=O)N3CCc4ccccc43)n2C(C)COC)c1. The molecule has 1 amide bonds. The summed E-state index contributed by atoms with van der Waals surface area (Å²) < 4.78 is 35.0. The highest BCUT2D eigenvalue weighted by atomic mass is 32.2. The zero-order valence-corrected chi connectivity index (χ0v) is 23.3. The second-order valence-electron chi connectivity index (χ2n) is 8.81. The van der Waals surface area contributed by atoms with Crippen molar-refractivity contribution in [2.75, 3.05) is 44.0 Å². The lowest BCUT2D eigenvalue weighted by Gasteiger charge is -2.20. The van der Waals surface area contributed by atoms with Gasteiger partial charge in [-0.1, -0.05) is 55.9 Å². The van der Waals surface area contributed by atoms with Crippen LogP contribution in [-0.2, 0) is 26.0 Å². The summed E-state index contributed by atoms with van der Waals surface area (Å²) in [6.45, 7) is 7.48. The Balaban J connectivity index is 1.62. The molecule has 1 aliphatic rings. The summed E-state index contributed by atoms with van der Waals surface area (Å²) in [7, 11) is -2.00. The Morgan fingerprint density at radius 2 is 1.89 bits per heavy atom. The van der Waals surface area contributed by atoms with E-state index in [4.69, 9.17) is 4.74 Å². The van der Waals surface area contributed by atoms with Crippen molar-refractivity contribution in [3.8, 4) is 11.4 Å². The largest absolute Gasteiger partial charge is 0.383 e. The fourth-order valence-corrected chi connectivity index (χ4v) is 7.01. The number of methoxy groups -OCH3 is 1. The van der Waals surface area contributed by atoms with Crippen molar-refractivity contribution in [3.63, 3.8) is 0 Å². The lowest BCUT2D eigenvalue weighted by molar-refractivity contribution is -0.116. The van der Waals surface area contributed by atoms with Gasteiger partial charge in [-0.15, -0.1) is 10.2 Å². The predicted octanol–water partition coefficient (Wildman–Crippen LogP) is 3.86. The van der Waals surface area contributed by atoms with Gasteiger partial charge in [0.2, 0.25) is 15.9 Å². The molecule has 9 nitrogen and oxygen atoms in total. The summed E-state index contributed by atoms with van der Waals surface area (Å²) in [5, 5.41) is 9.38. The number of aromatic nitrogens is 3. The Labute approximate surface area is 222 Å². The molecule has 4 rings (SSSR count). The average Bonchev–Trinajstić information content (AvgIpc) is 3.53. The van der Waals surface area contributed by atoms with Crippen molar-refractivity contribution in [2.45, 2.75) is 43.3 Å². The van der Waals surface area contributed by atoms with Crippen molar-refractivity contribution in [2.24, 2.45) is 0 Å². The first-order valence-corrected chi connectivity index (χ1v) is 14.8. The minimum atomic E-state index is -3.63. The van der Waals surface area contributed by atoms with Gasteiger partial charge in [-0.3, -0.25) is 9.36 Å². The number of amides is 1. The summed E-state index contributed by atoms with van der Waals surface area (Å²) in [4.78, 5) is 15.1. The van der Waals surface area contributed by atoms with E-state index in [9.17, 15) is 13.2 Å². The second-order valence-corrected chi connectivity index (χ2v) is 11.7. The van der Waals surface area contributed by atoms with Gasteiger partial charge < -0.3 is 9.64 Å². The molecule has 0 spiro atoms. The number of fused-ring (bicyclic) bond motifs is 1. The maximum Gasteiger partial charge on any atom is 0.243 e. The minimum Gasteiger partial charge on any atom is -0.383 e. The van der Waals surface area contributed by atoms with Gasteiger partial charge in [0.05, 0.1) is 23.3 Å². The molecule has 1 atom stereocenters. The number of ether oxygens (including phenoxy) is 1. The van der Waals surface area contributed by atoms with Crippen LogP contribution in [0.4, 0.5) is 5.69 Å². The normalized spacial score (nSPS) is 14.2. The van der Waals surface area contributed by atoms with Gasteiger partial charge >= 0.3 is 0 Å². The first kappa shape index (κ1) is 27.3. The van der Waals surface area contributed by atoms with E-state index in [0.717, 1.165) is 12.1 Å². The molecule has 0 radical (unpaired) electrons. The van der Waals surface area contributed by atoms with E-state index in [0.29, 0.717) is 42.8 Å². The first-order valence-electron chi connectivity index (χ1n) is 12.4. The standard InChI is InChI=1S/C26H33N5O4S2/c1-5-29(6-2)37(33,34)22-12-9-11-21(16-22)25-27-28-26(31(25)19(3)17-35-4)36-18-24(32)30-15-14-20-10-7-8-13-23(20)30/h7-13,16,19H,5-6,14-15,17-18H2,1-4H3. The number of anilines is 1. The number of hydrogen-bond acceptors (Lipinski definition) is 7. The van der Waals surface area contributed by atoms with E-state index >= 15 is 0 Å². The van der Waals surface area contributed by atoms with E-state index in [1.54, 1.807) is 25.3 Å². The average molecular weight is 544 g/mol. The molecule has 0 bridgehead atoms.